The maximum atomic E-state index is 13.3. The third-order valence-electron chi connectivity index (χ3n) is 6.93. The molecule has 0 N–H and O–H groups in total. The highest BCUT2D eigenvalue weighted by Crippen LogP contribution is 2.41. The predicted molar refractivity (Wildman–Crippen MR) is 121 cm³/mol. The number of nitrogens with zero attached hydrogens (tertiary/aromatic N) is 4. The molecule has 2 fully saturated rings. The van der Waals surface area contributed by atoms with Crippen LogP contribution < -0.4 is 0 Å². The van der Waals surface area contributed by atoms with Crippen LogP contribution >= 0.6 is 0 Å². The quantitative estimate of drug-likeness (QED) is 0.593. The van der Waals surface area contributed by atoms with Crippen molar-refractivity contribution in [2.24, 2.45) is 5.41 Å². The van der Waals surface area contributed by atoms with Crippen LogP contribution in [0.2, 0.25) is 0 Å². The molecule has 0 saturated carbocycles. The van der Waals surface area contributed by atoms with E-state index in [4.69, 9.17) is 0 Å². The first-order chi connectivity index (χ1) is 15.2. The fraction of sp³-hybridized carbons (Fsp3) is 0.385. The van der Waals surface area contributed by atoms with E-state index >= 15 is 0 Å². The lowest BCUT2D eigenvalue weighted by Gasteiger charge is -2.24. The van der Waals surface area contributed by atoms with Crippen molar-refractivity contribution in [2.75, 3.05) is 26.2 Å². The van der Waals surface area contributed by atoms with Gasteiger partial charge in [-0.25, -0.2) is 4.98 Å². The van der Waals surface area contributed by atoms with Crippen molar-refractivity contribution in [1.82, 2.24) is 19.4 Å². The van der Waals surface area contributed by atoms with Crippen LogP contribution in [0.5, 0.6) is 0 Å². The number of hydrogen-bond acceptors (Lipinski definition) is 3. The van der Waals surface area contributed by atoms with Crippen LogP contribution in [-0.4, -0.2) is 51.4 Å². The molecule has 5 nitrogen and oxygen atoms in total. The van der Waals surface area contributed by atoms with Crippen LogP contribution in [0.1, 0.15) is 29.7 Å². The lowest BCUT2D eigenvalue weighted by molar-refractivity contribution is -0.135. The van der Waals surface area contributed by atoms with Gasteiger partial charge < -0.3 is 9.47 Å². The second-order valence-electron chi connectivity index (χ2n) is 9.02. The van der Waals surface area contributed by atoms with E-state index in [1.807, 2.05) is 24.7 Å². The molecule has 2 aliphatic heterocycles. The maximum absolute atomic E-state index is 13.3. The Morgan fingerprint density at radius 3 is 2.35 bits per heavy atom. The minimum Gasteiger partial charge on any atom is -0.342 e. The highest BCUT2D eigenvalue weighted by Gasteiger charge is 2.50. The van der Waals surface area contributed by atoms with Gasteiger partial charge in [0.05, 0.1) is 17.4 Å². The average Bonchev–Trinajstić information content (AvgIpc) is 3.50. The zero-order chi connectivity index (χ0) is 21.1. The number of imidazole rings is 1. The topological polar surface area (TPSA) is 41.4 Å². The highest BCUT2D eigenvalue weighted by atomic mass is 16.2. The average molecular weight is 415 g/mol. The molecule has 1 aromatic heterocycles. The molecule has 1 unspecified atom stereocenters. The Morgan fingerprint density at radius 2 is 1.58 bits per heavy atom. The summed E-state index contributed by atoms with van der Waals surface area (Å²) in [5.41, 5.74) is 3.61. The second-order valence-corrected chi connectivity index (χ2v) is 9.02. The largest absolute Gasteiger partial charge is 0.342 e. The van der Waals surface area contributed by atoms with Gasteiger partial charge in [0.15, 0.2) is 0 Å². The van der Waals surface area contributed by atoms with Gasteiger partial charge in [-0.05, 0) is 36.9 Å². The molecule has 2 aliphatic rings. The van der Waals surface area contributed by atoms with E-state index in [1.165, 1.54) is 16.8 Å². The third kappa shape index (κ3) is 4.28. The summed E-state index contributed by atoms with van der Waals surface area (Å²) in [6.07, 6.45) is 6.78. The minimum atomic E-state index is -0.180. The molecule has 160 valence electrons. The summed E-state index contributed by atoms with van der Waals surface area (Å²) in [4.78, 5) is 22.2. The molecule has 5 rings (SSSR count). The molecule has 0 bridgehead atoms. The standard InChI is InChI=1S/C26H30N4O/c31-25-26(13-16-29(25)14-11-22-7-3-1-4-8-22)12-15-28(20-26)19-24-17-27-21-30(24)18-23-9-5-2-6-10-23/h1-10,17,21H,11-16,18-20H2. The Bertz CT molecular complexity index is 1020. The van der Waals surface area contributed by atoms with E-state index in [-0.39, 0.29) is 5.41 Å². The van der Waals surface area contributed by atoms with Crippen molar-refractivity contribution in [3.05, 3.63) is 90.0 Å². The Kier molecular flexibility index (Phi) is 5.60. The van der Waals surface area contributed by atoms with Gasteiger partial charge in [-0.3, -0.25) is 9.69 Å². The lowest BCUT2D eigenvalue weighted by atomic mass is 9.85. The molecule has 1 atom stereocenters. The molecule has 2 aromatic carbocycles. The number of aromatic nitrogens is 2. The van der Waals surface area contributed by atoms with Crippen LogP contribution in [0.15, 0.2) is 73.2 Å². The van der Waals surface area contributed by atoms with E-state index < -0.39 is 0 Å². The Labute approximate surface area is 184 Å². The van der Waals surface area contributed by atoms with Gasteiger partial charge in [0.2, 0.25) is 5.91 Å². The van der Waals surface area contributed by atoms with Crippen LogP contribution in [0.4, 0.5) is 0 Å². The lowest BCUT2D eigenvalue weighted by Crippen LogP contribution is -2.37. The SMILES string of the molecule is O=C1N(CCc2ccccc2)CCC12CCN(Cc1cncn1Cc1ccccc1)C2. The first kappa shape index (κ1) is 20.0. The molecule has 0 radical (unpaired) electrons. The number of carbonyl (C=O) groups excluding carboxylic acids is 1. The van der Waals surface area contributed by atoms with Crippen molar-refractivity contribution in [3.8, 4) is 0 Å². The molecular weight excluding hydrogens is 384 g/mol. The summed E-state index contributed by atoms with van der Waals surface area (Å²) >= 11 is 0. The second kappa shape index (κ2) is 8.67. The Balaban J connectivity index is 1.19. The molecule has 0 aliphatic carbocycles. The molecule has 2 saturated heterocycles. The summed E-state index contributed by atoms with van der Waals surface area (Å²) in [6, 6.07) is 21.0. The summed E-state index contributed by atoms with van der Waals surface area (Å²) in [7, 11) is 0. The summed E-state index contributed by atoms with van der Waals surface area (Å²) < 4.78 is 2.23. The smallest absolute Gasteiger partial charge is 0.230 e. The molecule has 1 spiro atoms. The number of likely N-dealkylation sites (tertiary alicyclic amines) is 2. The van der Waals surface area contributed by atoms with Crippen LogP contribution in [0.3, 0.4) is 0 Å². The first-order valence-electron chi connectivity index (χ1n) is 11.3. The van der Waals surface area contributed by atoms with E-state index in [1.54, 1.807) is 0 Å². The van der Waals surface area contributed by atoms with Crippen LogP contribution in [0, 0.1) is 5.41 Å². The number of carbonyl (C=O) groups is 1. The van der Waals surface area contributed by atoms with E-state index in [0.717, 1.165) is 58.5 Å². The molecule has 31 heavy (non-hydrogen) atoms. The zero-order valence-corrected chi connectivity index (χ0v) is 18.0. The van der Waals surface area contributed by atoms with Gasteiger partial charge in [0, 0.05) is 38.9 Å². The van der Waals surface area contributed by atoms with Crippen molar-refractivity contribution < 1.29 is 4.79 Å². The maximum Gasteiger partial charge on any atom is 0.230 e. The van der Waals surface area contributed by atoms with Gasteiger partial charge in [0.25, 0.3) is 0 Å². The van der Waals surface area contributed by atoms with Crippen molar-refractivity contribution in [3.63, 3.8) is 0 Å². The summed E-state index contributed by atoms with van der Waals surface area (Å²) in [5.74, 6) is 0.365. The molecule has 3 heterocycles. The zero-order valence-electron chi connectivity index (χ0n) is 18.0. The van der Waals surface area contributed by atoms with Gasteiger partial charge in [-0.2, -0.15) is 0 Å². The molecule has 5 heteroatoms. The normalized spacial score (nSPS) is 21.4. The van der Waals surface area contributed by atoms with Gasteiger partial charge in [0.1, 0.15) is 0 Å². The fourth-order valence-electron chi connectivity index (χ4n) is 5.12. The third-order valence-corrected chi connectivity index (χ3v) is 6.93. The first-order valence-corrected chi connectivity index (χ1v) is 11.3. The predicted octanol–water partition coefficient (Wildman–Crippen LogP) is 3.60. The van der Waals surface area contributed by atoms with Crippen LogP contribution in [-0.2, 0) is 24.3 Å². The Hall–Kier alpha value is -2.92. The number of hydrogen-bond donors (Lipinski definition) is 0. The number of rotatable bonds is 7. The summed E-state index contributed by atoms with van der Waals surface area (Å²) in [5, 5.41) is 0. The fourth-order valence-corrected chi connectivity index (χ4v) is 5.12. The molecule has 1 amide bonds. The monoisotopic (exact) mass is 414 g/mol. The van der Waals surface area contributed by atoms with E-state index in [9.17, 15) is 4.79 Å². The molecule has 3 aromatic rings. The number of benzene rings is 2. The van der Waals surface area contributed by atoms with E-state index in [2.05, 4.69) is 67.9 Å². The van der Waals surface area contributed by atoms with Crippen molar-refractivity contribution in [2.45, 2.75) is 32.4 Å². The highest BCUT2D eigenvalue weighted by molar-refractivity contribution is 5.85. The van der Waals surface area contributed by atoms with Crippen molar-refractivity contribution >= 4 is 5.91 Å². The van der Waals surface area contributed by atoms with Crippen LogP contribution in [0.25, 0.3) is 0 Å². The summed E-state index contributed by atoms with van der Waals surface area (Å²) in [6.45, 7) is 5.26. The van der Waals surface area contributed by atoms with Crippen molar-refractivity contribution in [1.29, 1.82) is 0 Å². The van der Waals surface area contributed by atoms with Gasteiger partial charge >= 0.3 is 0 Å². The van der Waals surface area contributed by atoms with E-state index in [0.29, 0.717) is 5.91 Å². The minimum absolute atomic E-state index is 0.180. The van der Waals surface area contributed by atoms with Gasteiger partial charge in [-0.15, -0.1) is 0 Å². The Morgan fingerprint density at radius 1 is 0.871 bits per heavy atom. The molecular formula is C26H30N4O. The number of amides is 1. The van der Waals surface area contributed by atoms with Gasteiger partial charge in [-0.1, -0.05) is 60.7 Å².